The van der Waals surface area contributed by atoms with E-state index in [1.54, 1.807) is 12.1 Å². The molecular weight excluding hydrogens is 338 g/mol. The van der Waals surface area contributed by atoms with Crippen molar-refractivity contribution < 1.29 is 4.79 Å². The molecule has 0 radical (unpaired) electrons. The number of halogens is 2. The van der Waals surface area contributed by atoms with E-state index in [2.05, 4.69) is 33.4 Å². The van der Waals surface area contributed by atoms with Gasteiger partial charge < -0.3 is 5.32 Å². The van der Waals surface area contributed by atoms with Gasteiger partial charge in [-0.05, 0) is 42.2 Å². The number of hydrogen-bond donors (Lipinski definition) is 1. The quantitative estimate of drug-likeness (QED) is 0.871. The minimum atomic E-state index is -0.117. The summed E-state index contributed by atoms with van der Waals surface area (Å²) in [4.78, 5) is 12.3. The summed E-state index contributed by atoms with van der Waals surface area (Å²) in [6.07, 6.45) is 1.76. The highest BCUT2D eigenvalue weighted by molar-refractivity contribution is 9.10. The zero-order valence-corrected chi connectivity index (χ0v) is 13.0. The van der Waals surface area contributed by atoms with Crippen LogP contribution in [0.2, 0.25) is 5.02 Å². The lowest BCUT2D eigenvalue weighted by Gasteiger charge is -2.13. The maximum Gasteiger partial charge on any atom is 0.253 e. The molecule has 1 aliphatic rings. The van der Waals surface area contributed by atoms with Gasteiger partial charge >= 0.3 is 0 Å². The van der Waals surface area contributed by atoms with Gasteiger partial charge in [0.1, 0.15) is 0 Å². The average molecular weight is 351 g/mol. The smallest absolute Gasteiger partial charge is 0.253 e. The number of fused-ring (bicyclic) bond motifs is 1. The first kappa shape index (κ1) is 13.7. The van der Waals surface area contributed by atoms with Gasteiger partial charge in [-0.25, -0.2) is 0 Å². The number of rotatable bonds is 2. The van der Waals surface area contributed by atoms with Crippen molar-refractivity contribution in [2.45, 2.75) is 18.9 Å². The van der Waals surface area contributed by atoms with Gasteiger partial charge in [0.25, 0.3) is 5.91 Å². The van der Waals surface area contributed by atoms with Crippen molar-refractivity contribution in [1.29, 1.82) is 0 Å². The molecule has 1 aliphatic carbocycles. The van der Waals surface area contributed by atoms with Crippen molar-refractivity contribution in [2.24, 2.45) is 0 Å². The second-order valence-electron chi connectivity index (χ2n) is 4.97. The van der Waals surface area contributed by atoms with Crippen molar-refractivity contribution in [2.75, 3.05) is 0 Å². The molecule has 2 aromatic rings. The topological polar surface area (TPSA) is 29.1 Å². The van der Waals surface area contributed by atoms with Crippen molar-refractivity contribution >= 4 is 33.4 Å². The third kappa shape index (κ3) is 2.74. The molecule has 0 unspecified atom stereocenters. The van der Waals surface area contributed by atoms with Crippen molar-refractivity contribution in [1.82, 2.24) is 5.32 Å². The van der Waals surface area contributed by atoms with Crippen LogP contribution in [0.15, 0.2) is 46.9 Å². The van der Waals surface area contributed by atoms with Gasteiger partial charge in [0.05, 0.1) is 10.6 Å². The van der Waals surface area contributed by atoms with Crippen molar-refractivity contribution in [3.05, 3.63) is 68.7 Å². The van der Waals surface area contributed by atoms with E-state index in [9.17, 15) is 4.79 Å². The number of amides is 1. The largest absolute Gasteiger partial charge is 0.349 e. The lowest BCUT2D eigenvalue weighted by Crippen LogP contribution is -2.35. The van der Waals surface area contributed by atoms with Gasteiger partial charge in [0.2, 0.25) is 0 Å². The number of nitrogens with one attached hydrogen (secondary N) is 1. The highest BCUT2D eigenvalue weighted by Gasteiger charge is 2.23. The molecule has 1 N–H and O–H groups in total. The van der Waals surface area contributed by atoms with Gasteiger partial charge in [-0.15, -0.1) is 0 Å². The first-order valence-corrected chi connectivity index (χ1v) is 7.63. The first-order valence-electron chi connectivity index (χ1n) is 6.46. The van der Waals surface area contributed by atoms with Crippen LogP contribution in [0, 0.1) is 0 Å². The van der Waals surface area contributed by atoms with Crippen LogP contribution in [0.5, 0.6) is 0 Å². The Morgan fingerprint density at radius 1 is 1.15 bits per heavy atom. The maximum atomic E-state index is 12.3. The molecule has 0 bridgehead atoms. The number of hydrogen-bond acceptors (Lipinski definition) is 1. The Bertz CT molecular complexity index is 646. The Morgan fingerprint density at radius 3 is 2.45 bits per heavy atom. The first-order chi connectivity index (χ1) is 9.63. The summed E-state index contributed by atoms with van der Waals surface area (Å²) in [5.41, 5.74) is 3.15. The second kappa shape index (κ2) is 5.58. The van der Waals surface area contributed by atoms with E-state index in [0.717, 1.165) is 17.3 Å². The van der Waals surface area contributed by atoms with Crippen LogP contribution in [0.25, 0.3) is 0 Å². The Kier molecular flexibility index (Phi) is 3.81. The van der Waals surface area contributed by atoms with Gasteiger partial charge in [-0.1, -0.05) is 51.8 Å². The average Bonchev–Trinajstić information content (AvgIpc) is 2.83. The molecule has 3 rings (SSSR count). The Balaban J connectivity index is 1.74. The van der Waals surface area contributed by atoms with Crippen LogP contribution in [0.1, 0.15) is 21.5 Å². The monoisotopic (exact) mass is 349 g/mol. The van der Waals surface area contributed by atoms with E-state index in [1.165, 1.54) is 11.1 Å². The summed E-state index contributed by atoms with van der Waals surface area (Å²) in [5.74, 6) is -0.117. The van der Waals surface area contributed by atoms with Gasteiger partial charge in [-0.3, -0.25) is 4.79 Å². The fourth-order valence-electron chi connectivity index (χ4n) is 2.60. The summed E-state index contributed by atoms with van der Waals surface area (Å²) in [6.45, 7) is 0. The van der Waals surface area contributed by atoms with Crippen LogP contribution in [0.4, 0.5) is 0 Å². The number of carbonyl (C=O) groups excluding carboxylic acids is 1. The highest BCUT2D eigenvalue weighted by Crippen LogP contribution is 2.24. The minimum absolute atomic E-state index is 0.117. The molecule has 0 spiro atoms. The molecule has 0 heterocycles. The van der Waals surface area contributed by atoms with E-state index in [0.29, 0.717) is 10.6 Å². The van der Waals surface area contributed by atoms with E-state index >= 15 is 0 Å². The summed E-state index contributed by atoms with van der Waals surface area (Å²) < 4.78 is 0.849. The normalized spacial score (nSPS) is 14.1. The molecule has 0 saturated heterocycles. The Morgan fingerprint density at radius 2 is 1.80 bits per heavy atom. The van der Waals surface area contributed by atoms with Crippen LogP contribution in [-0.2, 0) is 12.8 Å². The maximum absolute atomic E-state index is 12.3. The summed E-state index contributed by atoms with van der Waals surface area (Å²) in [6, 6.07) is 13.8. The third-order valence-corrected chi connectivity index (χ3v) is 4.38. The van der Waals surface area contributed by atoms with Crippen LogP contribution in [-0.4, -0.2) is 11.9 Å². The summed E-state index contributed by atoms with van der Waals surface area (Å²) in [7, 11) is 0. The molecule has 0 fully saturated rings. The molecule has 0 saturated carbocycles. The van der Waals surface area contributed by atoms with Crippen LogP contribution in [0.3, 0.4) is 0 Å². The molecule has 0 aliphatic heterocycles. The van der Waals surface area contributed by atoms with Crippen molar-refractivity contribution in [3.8, 4) is 0 Å². The van der Waals surface area contributed by atoms with Crippen molar-refractivity contribution in [3.63, 3.8) is 0 Å². The van der Waals surface area contributed by atoms with Crippen LogP contribution >= 0.6 is 27.5 Å². The lowest BCUT2D eigenvalue weighted by molar-refractivity contribution is 0.0938. The predicted octanol–water partition coefficient (Wildman–Crippen LogP) is 4.00. The highest BCUT2D eigenvalue weighted by atomic mass is 79.9. The minimum Gasteiger partial charge on any atom is -0.349 e. The number of carbonyl (C=O) groups is 1. The van der Waals surface area contributed by atoms with E-state index in [-0.39, 0.29) is 11.9 Å². The zero-order valence-electron chi connectivity index (χ0n) is 10.7. The molecule has 1 amide bonds. The standard InChI is InChI=1S/C16H13BrClNO/c17-12-5-6-15(18)14(9-12)16(20)19-13-7-10-3-1-2-4-11(10)8-13/h1-6,9,13H,7-8H2,(H,19,20). The molecule has 20 heavy (non-hydrogen) atoms. The third-order valence-electron chi connectivity index (χ3n) is 3.56. The molecular formula is C16H13BrClNO. The molecule has 2 nitrogen and oxygen atoms in total. The zero-order chi connectivity index (χ0) is 14.1. The van der Waals surface area contributed by atoms with E-state index in [1.807, 2.05) is 18.2 Å². The SMILES string of the molecule is O=C(NC1Cc2ccccc2C1)c1cc(Br)ccc1Cl. The molecule has 4 heteroatoms. The summed E-state index contributed by atoms with van der Waals surface area (Å²) >= 11 is 9.45. The van der Waals surface area contributed by atoms with E-state index in [4.69, 9.17) is 11.6 Å². The van der Waals surface area contributed by atoms with Gasteiger partial charge in [0, 0.05) is 10.5 Å². The lowest BCUT2D eigenvalue weighted by atomic mass is 10.1. The van der Waals surface area contributed by atoms with Gasteiger partial charge in [0.15, 0.2) is 0 Å². The molecule has 0 aromatic heterocycles. The molecule has 2 aromatic carbocycles. The fourth-order valence-corrected chi connectivity index (χ4v) is 3.16. The molecule has 0 atom stereocenters. The van der Waals surface area contributed by atoms with Crippen LogP contribution < -0.4 is 5.32 Å². The van der Waals surface area contributed by atoms with E-state index < -0.39 is 0 Å². The fraction of sp³-hybridized carbons (Fsp3) is 0.188. The van der Waals surface area contributed by atoms with Gasteiger partial charge in [-0.2, -0.15) is 0 Å². The predicted molar refractivity (Wildman–Crippen MR) is 84.3 cm³/mol. The second-order valence-corrected chi connectivity index (χ2v) is 6.29. The Hall–Kier alpha value is -1.32. The molecule has 102 valence electrons. The Labute approximate surface area is 131 Å². The summed E-state index contributed by atoms with van der Waals surface area (Å²) in [5, 5.41) is 3.54. The number of benzene rings is 2.